The van der Waals surface area contributed by atoms with Gasteiger partial charge in [-0.15, -0.1) is 6.58 Å². The number of carbonyl (C=O) groups excluding carboxylic acids is 1. The van der Waals surface area contributed by atoms with Gasteiger partial charge in [0.2, 0.25) is 0 Å². The van der Waals surface area contributed by atoms with E-state index in [0.29, 0.717) is 19.6 Å². The Morgan fingerprint density at radius 3 is 2.25 bits per heavy atom. The molecule has 0 radical (unpaired) electrons. The van der Waals surface area contributed by atoms with Crippen molar-refractivity contribution in [3.63, 3.8) is 0 Å². The first kappa shape index (κ1) is 18.9. The van der Waals surface area contributed by atoms with Crippen LogP contribution in [0.1, 0.15) is 58.8 Å². The summed E-state index contributed by atoms with van der Waals surface area (Å²) < 4.78 is 11.2. The molecule has 0 aromatic heterocycles. The molecule has 0 bridgehead atoms. The Morgan fingerprint density at radius 2 is 1.70 bits per heavy atom. The molecular formula is C17H30O3. The van der Waals surface area contributed by atoms with Crippen molar-refractivity contribution >= 4 is 6.29 Å². The average molecular weight is 282 g/mol. The third kappa shape index (κ3) is 8.92. The summed E-state index contributed by atoms with van der Waals surface area (Å²) in [4.78, 5) is 11.4. The molecule has 0 saturated carbocycles. The van der Waals surface area contributed by atoms with Crippen LogP contribution in [0, 0.1) is 0 Å². The number of unbranched alkanes of at least 4 members (excludes halogenated alkanes) is 4. The molecule has 0 amide bonds. The fourth-order valence-electron chi connectivity index (χ4n) is 1.80. The van der Waals surface area contributed by atoms with Gasteiger partial charge in [0.25, 0.3) is 0 Å². The molecule has 3 heteroatoms. The van der Waals surface area contributed by atoms with Crippen molar-refractivity contribution in [1.29, 1.82) is 0 Å². The summed E-state index contributed by atoms with van der Waals surface area (Å²) >= 11 is 0. The fraction of sp³-hybridized carbons (Fsp3) is 0.706. The predicted octanol–water partition coefficient (Wildman–Crippen LogP) is 4.43. The van der Waals surface area contributed by atoms with Gasteiger partial charge < -0.3 is 9.47 Å². The summed E-state index contributed by atoms with van der Waals surface area (Å²) in [6.45, 7) is 9.25. The van der Waals surface area contributed by atoms with E-state index >= 15 is 0 Å². The van der Waals surface area contributed by atoms with Gasteiger partial charge in [0, 0.05) is 13.0 Å². The third-order valence-corrected chi connectivity index (χ3v) is 3.09. The molecule has 0 aliphatic carbocycles. The van der Waals surface area contributed by atoms with Crippen LogP contribution in [-0.4, -0.2) is 25.1 Å². The molecule has 0 heterocycles. The Hall–Kier alpha value is -1.09. The lowest BCUT2D eigenvalue weighted by atomic mass is 10.0. The number of rotatable bonds is 14. The Bertz CT molecular complexity index is 273. The summed E-state index contributed by atoms with van der Waals surface area (Å²) in [7, 11) is 0. The van der Waals surface area contributed by atoms with E-state index in [-0.39, 0.29) is 0 Å². The highest BCUT2D eigenvalue weighted by atomic mass is 16.5. The molecule has 3 nitrogen and oxygen atoms in total. The lowest BCUT2D eigenvalue weighted by Gasteiger charge is -2.23. The summed E-state index contributed by atoms with van der Waals surface area (Å²) in [5, 5.41) is 0. The van der Waals surface area contributed by atoms with Gasteiger partial charge in [-0.05, 0) is 18.9 Å². The highest BCUT2D eigenvalue weighted by molar-refractivity contribution is 5.66. The van der Waals surface area contributed by atoms with Gasteiger partial charge in [0.15, 0.2) is 6.29 Å². The van der Waals surface area contributed by atoms with E-state index in [9.17, 15) is 4.79 Å². The zero-order valence-corrected chi connectivity index (χ0v) is 13.1. The summed E-state index contributed by atoms with van der Waals surface area (Å²) in [6.07, 6.45) is 12.9. The molecule has 1 unspecified atom stereocenters. The molecular weight excluding hydrogens is 252 g/mol. The second-order valence-electron chi connectivity index (χ2n) is 5.00. The minimum Gasteiger partial charge on any atom is -0.501 e. The number of aldehydes is 1. The van der Waals surface area contributed by atoms with Gasteiger partial charge in [-0.1, -0.05) is 45.6 Å². The zero-order valence-electron chi connectivity index (χ0n) is 13.1. The minimum atomic E-state index is -0.916. The second-order valence-corrected chi connectivity index (χ2v) is 5.00. The lowest BCUT2D eigenvalue weighted by molar-refractivity contribution is -0.125. The van der Waals surface area contributed by atoms with Crippen LogP contribution in [0.4, 0.5) is 0 Å². The van der Waals surface area contributed by atoms with Crippen LogP contribution in [0.5, 0.6) is 0 Å². The zero-order chi connectivity index (χ0) is 15.1. The molecule has 0 aliphatic heterocycles. The largest absolute Gasteiger partial charge is 0.501 e. The molecule has 0 spiro atoms. The van der Waals surface area contributed by atoms with Gasteiger partial charge in [0.05, 0.1) is 12.9 Å². The first-order valence-electron chi connectivity index (χ1n) is 7.75. The Labute approximate surface area is 124 Å². The quantitative estimate of drug-likeness (QED) is 0.205. The molecule has 0 aliphatic rings. The highest BCUT2D eigenvalue weighted by Crippen LogP contribution is 2.17. The first-order valence-corrected chi connectivity index (χ1v) is 7.75. The van der Waals surface area contributed by atoms with Crippen molar-refractivity contribution in [3.8, 4) is 0 Å². The Morgan fingerprint density at radius 1 is 1.05 bits per heavy atom. The number of carbonyl (C=O) groups is 1. The van der Waals surface area contributed by atoms with Crippen molar-refractivity contribution < 1.29 is 14.3 Å². The van der Waals surface area contributed by atoms with E-state index in [1.807, 2.05) is 0 Å². The van der Waals surface area contributed by atoms with Crippen LogP contribution in [-0.2, 0) is 14.3 Å². The molecule has 0 saturated heterocycles. The van der Waals surface area contributed by atoms with Gasteiger partial charge in [0.1, 0.15) is 5.60 Å². The van der Waals surface area contributed by atoms with Crippen LogP contribution >= 0.6 is 0 Å². The molecule has 116 valence electrons. The number of hydrogen-bond donors (Lipinski definition) is 0. The maximum absolute atomic E-state index is 11.4. The van der Waals surface area contributed by atoms with E-state index < -0.39 is 5.60 Å². The smallest absolute Gasteiger partial charge is 0.156 e. The minimum absolute atomic E-state index is 0.470. The summed E-state index contributed by atoms with van der Waals surface area (Å²) in [5.41, 5.74) is -0.916. The molecule has 20 heavy (non-hydrogen) atoms. The van der Waals surface area contributed by atoms with Gasteiger partial charge in [-0.2, -0.15) is 0 Å². The van der Waals surface area contributed by atoms with Crippen LogP contribution in [0.3, 0.4) is 0 Å². The first-order chi connectivity index (χ1) is 9.74. The maximum atomic E-state index is 11.4. The van der Waals surface area contributed by atoms with Gasteiger partial charge in [-0.3, -0.25) is 4.79 Å². The third-order valence-electron chi connectivity index (χ3n) is 3.09. The van der Waals surface area contributed by atoms with Crippen LogP contribution in [0.15, 0.2) is 25.0 Å². The van der Waals surface area contributed by atoms with Crippen LogP contribution in [0.2, 0.25) is 0 Å². The predicted molar refractivity (Wildman–Crippen MR) is 83.7 cm³/mol. The Balaban J connectivity index is 4.25. The topological polar surface area (TPSA) is 35.5 Å². The van der Waals surface area contributed by atoms with E-state index in [2.05, 4.69) is 20.4 Å². The van der Waals surface area contributed by atoms with E-state index in [4.69, 9.17) is 9.47 Å². The number of hydrogen-bond acceptors (Lipinski definition) is 3. The van der Waals surface area contributed by atoms with Crippen molar-refractivity contribution in [2.45, 2.75) is 64.4 Å². The van der Waals surface area contributed by atoms with Crippen molar-refractivity contribution in [3.05, 3.63) is 25.0 Å². The Kier molecular flexibility index (Phi) is 12.2. The summed E-state index contributed by atoms with van der Waals surface area (Å²) in [6, 6.07) is 0. The molecule has 0 aromatic carbocycles. The van der Waals surface area contributed by atoms with Crippen molar-refractivity contribution in [1.82, 2.24) is 0 Å². The van der Waals surface area contributed by atoms with E-state index in [1.54, 1.807) is 18.4 Å². The average Bonchev–Trinajstić information content (AvgIpc) is 2.47. The number of ether oxygens (including phenoxy) is 2. The maximum Gasteiger partial charge on any atom is 0.156 e. The fourth-order valence-corrected chi connectivity index (χ4v) is 1.80. The lowest BCUT2D eigenvalue weighted by Crippen LogP contribution is -2.32. The molecule has 0 rings (SSSR count). The van der Waals surface area contributed by atoms with Crippen LogP contribution < -0.4 is 0 Å². The second kappa shape index (κ2) is 12.9. The normalized spacial score (nSPS) is 14.1. The van der Waals surface area contributed by atoms with Gasteiger partial charge >= 0.3 is 0 Å². The van der Waals surface area contributed by atoms with E-state index in [1.165, 1.54) is 6.42 Å². The van der Waals surface area contributed by atoms with Crippen molar-refractivity contribution in [2.24, 2.45) is 0 Å². The highest BCUT2D eigenvalue weighted by Gasteiger charge is 2.26. The van der Waals surface area contributed by atoms with Gasteiger partial charge in [-0.25, -0.2) is 0 Å². The standard InChI is InChI=1S/C17H30O3/c1-4-7-9-13-19-15-12-17(16-18,11-6-3)20-14-10-8-5-2/h6,12,15-16H,3-5,7-11,13-14H2,1-2H3. The van der Waals surface area contributed by atoms with E-state index in [0.717, 1.165) is 38.4 Å². The molecule has 0 fully saturated rings. The monoisotopic (exact) mass is 282 g/mol. The van der Waals surface area contributed by atoms with Crippen LogP contribution in [0.25, 0.3) is 0 Å². The van der Waals surface area contributed by atoms with Crippen molar-refractivity contribution in [2.75, 3.05) is 13.2 Å². The molecule has 1 atom stereocenters. The molecule has 0 aromatic rings. The SMILES string of the molecule is C=CCC(C=O)(C=COCCCCC)OCCCCC. The summed E-state index contributed by atoms with van der Waals surface area (Å²) in [5.74, 6) is 0. The molecule has 0 N–H and O–H groups in total.